The Kier molecular flexibility index (Phi) is 4.18. The van der Waals surface area contributed by atoms with Gasteiger partial charge in [-0.05, 0) is 44.9 Å². The Morgan fingerprint density at radius 3 is 2.45 bits per heavy atom. The van der Waals surface area contributed by atoms with Crippen molar-refractivity contribution in [3.05, 3.63) is 0 Å². The first-order chi connectivity index (χ1) is 9.85. The number of aromatic nitrogens is 3. The topological polar surface area (TPSA) is 63.2 Å². The highest BCUT2D eigenvalue weighted by Gasteiger charge is 2.20. The molecule has 0 aromatic carbocycles. The van der Waals surface area contributed by atoms with E-state index < -0.39 is 0 Å². The van der Waals surface area contributed by atoms with Gasteiger partial charge in [-0.3, -0.25) is 0 Å². The molecule has 2 heterocycles. The Hall–Kier alpha value is -1.59. The molecule has 0 amide bonds. The molecule has 0 radical (unpaired) electrons. The molecule has 0 bridgehead atoms. The van der Waals surface area contributed by atoms with E-state index in [1.807, 2.05) is 7.05 Å². The summed E-state index contributed by atoms with van der Waals surface area (Å²) >= 11 is 0. The second kappa shape index (κ2) is 6.24. The van der Waals surface area contributed by atoms with Gasteiger partial charge in [-0.15, -0.1) is 0 Å². The van der Waals surface area contributed by atoms with Crippen LogP contribution in [0.3, 0.4) is 0 Å². The lowest BCUT2D eigenvalue weighted by Crippen LogP contribution is -2.31. The van der Waals surface area contributed by atoms with Gasteiger partial charge < -0.3 is 15.0 Å². The Morgan fingerprint density at radius 2 is 1.75 bits per heavy atom. The van der Waals surface area contributed by atoms with Gasteiger partial charge in [-0.2, -0.15) is 15.0 Å². The highest BCUT2D eigenvalue weighted by Crippen LogP contribution is 2.24. The number of anilines is 2. The van der Waals surface area contributed by atoms with Crippen LogP contribution in [0.1, 0.15) is 44.9 Å². The molecule has 1 saturated heterocycles. The van der Waals surface area contributed by atoms with Gasteiger partial charge in [0.25, 0.3) is 0 Å². The predicted molar refractivity (Wildman–Crippen MR) is 78.3 cm³/mol. The number of hydrogen-bond acceptors (Lipinski definition) is 6. The van der Waals surface area contributed by atoms with Gasteiger partial charge in [0.05, 0.1) is 0 Å². The van der Waals surface area contributed by atoms with Gasteiger partial charge in [0.2, 0.25) is 11.9 Å². The van der Waals surface area contributed by atoms with Gasteiger partial charge in [0.15, 0.2) is 0 Å². The van der Waals surface area contributed by atoms with Crippen LogP contribution in [0.2, 0.25) is 0 Å². The summed E-state index contributed by atoms with van der Waals surface area (Å²) in [6.07, 6.45) is 8.70. The van der Waals surface area contributed by atoms with Crippen molar-refractivity contribution >= 4 is 11.9 Å². The van der Waals surface area contributed by atoms with E-state index in [-0.39, 0.29) is 6.10 Å². The number of nitrogens with one attached hydrogen (secondary N) is 1. The molecule has 1 N–H and O–H groups in total. The molecule has 3 rings (SSSR count). The van der Waals surface area contributed by atoms with Crippen LogP contribution in [0.4, 0.5) is 11.9 Å². The number of hydrogen-bond donors (Lipinski definition) is 1. The molecular formula is C14H23N5O. The first-order valence-electron chi connectivity index (χ1n) is 7.70. The highest BCUT2D eigenvalue weighted by atomic mass is 16.5. The van der Waals surface area contributed by atoms with E-state index in [4.69, 9.17) is 4.74 Å². The molecule has 1 aliphatic heterocycles. The van der Waals surface area contributed by atoms with Gasteiger partial charge in [-0.1, -0.05) is 0 Å². The predicted octanol–water partition coefficient (Wildman–Crippen LogP) is 2.22. The van der Waals surface area contributed by atoms with Crippen molar-refractivity contribution in [1.82, 2.24) is 15.0 Å². The lowest BCUT2D eigenvalue weighted by molar-refractivity contribution is 0.192. The Balaban J connectivity index is 1.77. The Bertz CT molecular complexity index is 441. The maximum absolute atomic E-state index is 5.92. The van der Waals surface area contributed by atoms with E-state index in [1.165, 1.54) is 32.1 Å². The largest absolute Gasteiger partial charge is 0.460 e. The first-order valence-corrected chi connectivity index (χ1v) is 7.70. The van der Waals surface area contributed by atoms with Gasteiger partial charge in [-0.25, -0.2) is 0 Å². The monoisotopic (exact) mass is 277 g/mol. The SMILES string of the molecule is CNc1nc(OC2CCCC2)nc(N2CCCCC2)n1. The van der Waals surface area contributed by atoms with Gasteiger partial charge in [0.1, 0.15) is 6.10 Å². The van der Waals surface area contributed by atoms with Gasteiger partial charge in [0, 0.05) is 20.1 Å². The average molecular weight is 277 g/mol. The minimum Gasteiger partial charge on any atom is -0.460 e. The summed E-state index contributed by atoms with van der Waals surface area (Å²) < 4.78 is 5.92. The zero-order valence-electron chi connectivity index (χ0n) is 12.1. The molecule has 2 fully saturated rings. The molecule has 1 saturated carbocycles. The van der Waals surface area contributed by atoms with Crippen molar-refractivity contribution in [3.8, 4) is 6.01 Å². The number of ether oxygens (including phenoxy) is 1. The minimum absolute atomic E-state index is 0.274. The number of nitrogens with zero attached hydrogens (tertiary/aromatic N) is 4. The number of piperidine rings is 1. The van der Waals surface area contributed by atoms with Crippen molar-refractivity contribution in [2.24, 2.45) is 0 Å². The lowest BCUT2D eigenvalue weighted by atomic mass is 10.1. The Labute approximate surface area is 120 Å². The van der Waals surface area contributed by atoms with E-state index in [0.717, 1.165) is 31.9 Å². The molecule has 1 aliphatic carbocycles. The molecule has 2 aliphatic rings. The third-order valence-electron chi connectivity index (χ3n) is 4.04. The van der Waals surface area contributed by atoms with Crippen LogP contribution >= 0.6 is 0 Å². The van der Waals surface area contributed by atoms with Crippen LogP contribution in [0.5, 0.6) is 6.01 Å². The molecule has 6 nitrogen and oxygen atoms in total. The molecular weight excluding hydrogens is 254 g/mol. The Morgan fingerprint density at radius 1 is 1.00 bits per heavy atom. The summed E-state index contributed by atoms with van der Waals surface area (Å²) in [5.41, 5.74) is 0. The summed E-state index contributed by atoms with van der Waals surface area (Å²) in [5, 5.41) is 3.00. The third-order valence-corrected chi connectivity index (χ3v) is 4.04. The second-order valence-corrected chi connectivity index (χ2v) is 5.56. The van der Waals surface area contributed by atoms with E-state index in [2.05, 4.69) is 25.2 Å². The van der Waals surface area contributed by atoms with Crippen molar-refractivity contribution in [1.29, 1.82) is 0 Å². The van der Waals surface area contributed by atoms with Crippen molar-refractivity contribution < 1.29 is 4.74 Å². The molecule has 20 heavy (non-hydrogen) atoms. The maximum atomic E-state index is 5.92. The van der Waals surface area contributed by atoms with Crippen molar-refractivity contribution in [2.75, 3.05) is 30.4 Å². The average Bonchev–Trinajstić information content (AvgIpc) is 3.00. The van der Waals surface area contributed by atoms with Crippen LogP contribution in [0.25, 0.3) is 0 Å². The van der Waals surface area contributed by atoms with Crippen LogP contribution in [-0.4, -0.2) is 41.2 Å². The van der Waals surface area contributed by atoms with E-state index in [9.17, 15) is 0 Å². The minimum atomic E-state index is 0.274. The second-order valence-electron chi connectivity index (χ2n) is 5.56. The summed E-state index contributed by atoms with van der Waals surface area (Å²) in [6, 6.07) is 0.469. The zero-order valence-corrected chi connectivity index (χ0v) is 12.1. The highest BCUT2D eigenvalue weighted by molar-refractivity contribution is 5.38. The fourth-order valence-corrected chi connectivity index (χ4v) is 2.90. The van der Waals surface area contributed by atoms with Gasteiger partial charge >= 0.3 is 6.01 Å². The van der Waals surface area contributed by atoms with E-state index in [1.54, 1.807) is 0 Å². The maximum Gasteiger partial charge on any atom is 0.323 e. The van der Waals surface area contributed by atoms with Crippen molar-refractivity contribution in [2.45, 2.75) is 51.0 Å². The van der Waals surface area contributed by atoms with Crippen molar-refractivity contribution in [3.63, 3.8) is 0 Å². The summed E-state index contributed by atoms with van der Waals surface area (Å²) in [4.78, 5) is 15.5. The molecule has 110 valence electrons. The third kappa shape index (κ3) is 3.11. The first kappa shape index (κ1) is 13.4. The van der Waals surface area contributed by atoms with E-state index in [0.29, 0.717) is 12.0 Å². The summed E-state index contributed by atoms with van der Waals surface area (Å²) in [5.74, 6) is 1.34. The molecule has 0 atom stereocenters. The van der Waals surface area contributed by atoms with Crippen LogP contribution in [0.15, 0.2) is 0 Å². The smallest absolute Gasteiger partial charge is 0.323 e. The summed E-state index contributed by atoms with van der Waals surface area (Å²) in [6.45, 7) is 2.05. The fraction of sp³-hybridized carbons (Fsp3) is 0.786. The molecule has 0 unspecified atom stereocenters. The normalized spacial score (nSPS) is 20.1. The van der Waals surface area contributed by atoms with Crippen LogP contribution < -0.4 is 15.0 Å². The standard InChI is InChI=1S/C14H23N5O/c1-15-12-16-13(19-9-5-2-6-10-19)18-14(17-12)20-11-7-3-4-8-11/h11H,2-10H2,1H3,(H,15,16,17,18). The quantitative estimate of drug-likeness (QED) is 0.910. The van der Waals surface area contributed by atoms with E-state index >= 15 is 0 Å². The zero-order chi connectivity index (χ0) is 13.8. The van der Waals surface area contributed by atoms with Crippen LogP contribution in [0, 0.1) is 0 Å². The lowest BCUT2D eigenvalue weighted by Gasteiger charge is -2.27. The fourth-order valence-electron chi connectivity index (χ4n) is 2.90. The van der Waals surface area contributed by atoms with Crippen LogP contribution in [-0.2, 0) is 0 Å². The molecule has 6 heteroatoms. The molecule has 0 spiro atoms. The molecule has 1 aromatic rings. The number of rotatable bonds is 4. The molecule has 1 aromatic heterocycles. The summed E-state index contributed by atoms with van der Waals surface area (Å²) in [7, 11) is 1.83.